The first kappa shape index (κ1) is 29.3. The van der Waals surface area contributed by atoms with Gasteiger partial charge < -0.3 is 19.7 Å². The van der Waals surface area contributed by atoms with Crippen molar-refractivity contribution in [2.75, 3.05) is 11.9 Å². The second-order valence-corrected chi connectivity index (χ2v) is 10.6. The van der Waals surface area contributed by atoms with Crippen LogP contribution in [0.3, 0.4) is 0 Å². The smallest absolute Gasteiger partial charge is 0.306 e. The quantitative estimate of drug-likeness (QED) is 0.186. The highest BCUT2D eigenvalue weighted by Gasteiger charge is 2.37. The van der Waals surface area contributed by atoms with Gasteiger partial charge in [-0.1, -0.05) is 53.5 Å². The molecule has 5 rings (SSSR count). The molecule has 0 fully saturated rings. The number of benzene rings is 3. The Morgan fingerprint density at radius 1 is 0.976 bits per heavy atom. The van der Waals surface area contributed by atoms with E-state index in [0.717, 1.165) is 16.5 Å². The van der Waals surface area contributed by atoms with E-state index in [1.54, 1.807) is 72.5 Å². The van der Waals surface area contributed by atoms with Crippen molar-refractivity contribution in [3.05, 3.63) is 112 Å². The van der Waals surface area contributed by atoms with Gasteiger partial charge in [-0.2, -0.15) is 0 Å². The van der Waals surface area contributed by atoms with Crippen LogP contribution in [0.4, 0.5) is 5.82 Å². The number of hydrogen-bond acceptors (Lipinski definition) is 6. The summed E-state index contributed by atoms with van der Waals surface area (Å²) in [5.74, 6) is -0.483. The molecule has 1 amide bonds. The maximum absolute atomic E-state index is 12.7. The second-order valence-electron chi connectivity index (χ2n) is 9.76. The van der Waals surface area contributed by atoms with Gasteiger partial charge >= 0.3 is 5.97 Å². The Morgan fingerprint density at radius 2 is 1.74 bits per heavy atom. The lowest BCUT2D eigenvalue weighted by molar-refractivity contribution is -0.144. The summed E-state index contributed by atoms with van der Waals surface area (Å²) < 4.78 is 6.69. The number of aliphatic hydroxyl groups is 1. The maximum atomic E-state index is 12.7. The average molecular weight is 604 g/mol. The van der Waals surface area contributed by atoms with Crippen LogP contribution in [0.2, 0.25) is 10.0 Å². The minimum absolute atomic E-state index is 0.0327. The summed E-state index contributed by atoms with van der Waals surface area (Å²) in [6.07, 6.45) is 3.19. The molecule has 8 nitrogen and oxygen atoms in total. The molecule has 3 aromatic carbocycles. The van der Waals surface area contributed by atoms with Crippen LogP contribution >= 0.6 is 23.2 Å². The van der Waals surface area contributed by atoms with Gasteiger partial charge in [-0.05, 0) is 71.6 Å². The molecule has 5 aromatic rings. The van der Waals surface area contributed by atoms with E-state index in [1.165, 1.54) is 0 Å². The van der Waals surface area contributed by atoms with E-state index in [-0.39, 0.29) is 25.4 Å². The number of anilines is 1. The van der Waals surface area contributed by atoms with Gasteiger partial charge in [0.05, 0.1) is 36.8 Å². The summed E-state index contributed by atoms with van der Waals surface area (Å²) >= 11 is 12.5. The molecule has 42 heavy (non-hydrogen) atoms. The Hall–Kier alpha value is -4.24. The van der Waals surface area contributed by atoms with Crippen molar-refractivity contribution in [3.8, 4) is 11.1 Å². The van der Waals surface area contributed by atoms with Crippen LogP contribution in [0.25, 0.3) is 22.0 Å². The molecular weight excluding hydrogens is 575 g/mol. The predicted molar refractivity (Wildman–Crippen MR) is 163 cm³/mol. The normalized spacial score (nSPS) is 12.6. The van der Waals surface area contributed by atoms with E-state index in [1.807, 2.05) is 31.3 Å². The topological polar surface area (TPSA) is 106 Å². The summed E-state index contributed by atoms with van der Waals surface area (Å²) in [5.41, 5.74) is 2.30. The zero-order chi connectivity index (χ0) is 29.9. The molecule has 2 N–H and O–H groups in total. The van der Waals surface area contributed by atoms with Crippen LogP contribution in [0, 0.1) is 0 Å². The van der Waals surface area contributed by atoms with Gasteiger partial charge in [0, 0.05) is 28.9 Å². The van der Waals surface area contributed by atoms with Crippen molar-refractivity contribution in [1.29, 1.82) is 0 Å². The first-order valence-electron chi connectivity index (χ1n) is 13.3. The molecule has 0 saturated carbocycles. The number of hydrogen-bond donors (Lipinski definition) is 2. The number of imidazole rings is 1. The molecule has 1 atom stereocenters. The first-order valence-corrected chi connectivity index (χ1v) is 14.1. The van der Waals surface area contributed by atoms with Crippen molar-refractivity contribution in [1.82, 2.24) is 14.5 Å². The van der Waals surface area contributed by atoms with Crippen molar-refractivity contribution < 1.29 is 19.4 Å². The van der Waals surface area contributed by atoms with Crippen LogP contribution in [0.1, 0.15) is 36.6 Å². The summed E-state index contributed by atoms with van der Waals surface area (Å²) in [4.78, 5) is 33.3. The van der Waals surface area contributed by atoms with E-state index >= 15 is 0 Å². The molecule has 0 aliphatic rings. The van der Waals surface area contributed by atoms with Gasteiger partial charge in [0.25, 0.3) is 0 Å². The lowest BCUT2D eigenvalue weighted by Gasteiger charge is -2.30. The minimum Gasteiger partial charge on any atom is -0.466 e. The Balaban J connectivity index is 1.64. The number of halogens is 2. The van der Waals surface area contributed by atoms with Gasteiger partial charge in [0.1, 0.15) is 5.82 Å². The van der Waals surface area contributed by atoms with Crippen molar-refractivity contribution >= 4 is 51.8 Å². The Morgan fingerprint density at radius 3 is 2.43 bits per heavy atom. The monoisotopic (exact) mass is 602 g/mol. The molecular formula is C32H28Cl2N4O4. The number of carbonyl (C=O) groups is 2. The number of nitrogens with zero attached hydrogens (tertiary/aromatic N) is 3. The zero-order valence-electron chi connectivity index (χ0n) is 23.0. The highest BCUT2D eigenvalue weighted by atomic mass is 35.5. The average Bonchev–Trinajstić information content (AvgIpc) is 3.42. The molecule has 2 heterocycles. The van der Waals surface area contributed by atoms with Gasteiger partial charge in [-0.3, -0.25) is 9.59 Å². The number of aryl methyl sites for hydroxylation is 1. The fraction of sp³-hybridized carbons (Fsp3) is 0.188. The highest BCUT2D eigenvalue weighted by Crippen LogP contribution is 2.40. The molecule has 0 bridgehead atoms. The maximum Gasteiger partial charge on any atom is 0.306 e. The Kier molecular flexibility index (Phi) is 8.59. The van der Waals surface area contributed by atoms with E-state index in [0.29, 0.717) is 38.2 Å². The summed E-state index contributed by atoms with van der Waals surface area (Å²) in [6.45, 7) is 1.97. The summed E-state index contributed by atoms with van der Waals surface area (Å²) in [6, 6.07) is 21.6. The number of nitrogens with one attached hydrogen (secondary N) is 1. The van der Waals surface area contributed by atoms with Crippen molar-refractivity contribution in [2.45, 2.75) is 25.4 Å². The Bertz CT molecular complexity index is 1770. The third kappa shape index (κ3) is 6.01. The van der Waals surface area contributed by atoms with Crippen molar-refractivity contribution in [3.63, 3.8) is 0 Å². The van der Waals surface area contributed by atoms with Crippen LogP contribution in [0.5, 0.6) is 0 Å². The number of rotatable bonds is 9. The number of fused-ring (bicyclic) bond motifs is 1. The van der Waals surface area contributed by atoms with Crippen LogP contribution in [-0.2, 0) is 27.0 Å². The van der Waals surface area contributed by atoms with Gasteiger partial charge in [0.2, 0.25) is 5.91 Å². The minimum atomic E-state index is -1.57. The largest absolute Gasteiger partial charge is 0.466 e. The molecule has 1 unspecified atom stereocenters. The molecule has 0 radical (unpaired) electrons. The second kappa shape index (κ2) is 12.3. The van der Waals surface area contributed by atoms with Gasteiger partial charge in [-0.15, -0.1) is 0 Å². The molecule has 2 aromatic heterocycles. The number of amides is 1. The number of ether oxygens (including phenoxy) is 1. The Labute approximate surface area is 252 Å². The molecule has 0 saturated heterocycles. The number of aromatic nitrogens is 3. The van der Waals surface area contributed by atoms with Crippen LogP contribution < -0.4 is 5.32 Å². The molecule has 0 aliphatic heterocycles. The SMILES string of the molecule is CCOC(=O)CCC(=O)Nc1cc(-c2cccc(Cl)c2)c2cc(C(O)(c3ccc(Cl)cc3)c3cncn3C)ccc2n1. The molecule has 0 aliphatic carbocycles. The fourth-order valence-electron chi connectivity index (χ4n) is 4.92. The van der Waals surface area contributed by atoms with E-state index in [2.05, 4.69) is 15.3 Å². The standard InChI is InChI=1S/C32H28Cl2N4O4/c1-3-42-31(40)14-13-30(39)37-29-17-25(20-5-4-6-24(34)15-20)26-16-22(9-12-27(26)36-29)32(41,28-18-35-19-38(28)2)21-7-10-23(33)11-8-21/h4-12,15-19,41H,3,13-14H2,1-2H3,(H,36,37,39). The molecule has 10 heteroatoms. The zero-order valence-corrected chi connectivity index (χ0v) is 24.5. The third-order valence-electron chi connectivity index (χ3n) is 6.94. The van der Waals surface area contributed by atoms with Gasteiger partial charge in [-0.25, -0.2) is 9.97 Å². The van der Waals surface area contributed by atoms with Gasteiger partial charge in [0.15, 0.2) is 5.60 Å². The number of esters is 1. The number of pyridine rings is 1. The van der Waals surface area contributed by atoms with Crippen molar-refractivity contribution in [2.24, 2.45) is 7.05 Å². The van der Waals surface area contributed by atoms with E-state index < -0.39 is 11.6 Å². The summed E-state index contributed by atoms with van der Waals surface area (Å²) in [7, 11) is 1.82. The molecule has 0 spiro atoms. The highest BCUT2D eigenvalue weighted by molar-refractivity contribution is 6.31. The van der Waals surface area contributed by atoms with Crippen LogP contribution in [-0.4, -0.2) is 38.1 Å². The number of carbonyl (C=O) groups excluding carboxylic acids is 2. The third-order valence-corrected chi connectivity index (χ3v) is 7.43. The van der Waals surface area contributed by atoms with E-state index in [4.69, 9.17) is 27.9 Å². The molecule has 214 valence electrons. The van der Waals surface area contributed by atoms with E-state index in [9.17, 15) is 14.7 Å². The summed E-state index contributed by atoms with van der Waals surface area (Å²) in [5, 5.41) is 17.0. The fourth-order valence-corrected chi connectivity index (χ4v) is 5.24. The first-order chi connectivity index (χ1) is 20.2. The lowest BCUT2D eigenvalue weighted by atomic mass is 9.82. The lowest BCUT2D eigenvalue weighted by Crippen LogP contribution is -2.31. The van der Waals surface area contributed by atoms with Crippen LogP contribution in [0.15, 0.2) is 85.3 Å². The predicted octanol–water partition coefficient (Wildman–Crippen LogP) is 6.51.